The second-order valence-corrected chi connectivity index (χ2v) is 6.49. The summed E-state index contributed by atoms with van der Waals surface area (Å²) in [5, 5.41) is 2.55. The zero-order valence-corrected chi connectivity index (χ0v) is 14.5. The smallest absolute Gasteiger partial charge is 0.408 e. The van der Waals surface area contributed by atoms with E-state index in [1.54, 1.807) is 45.0 Å². The number of amides is 1. The van der Waals surface area contributed by atoms with Gasteiger partial charge in [0.1, 0.15) is 17.4 Å². The maximum atomic E-state index is 12.1. The zero-order chi connectivity index (χ0) is 15.9. The Hall–Kier alpha value is -1.31. The van der Waals surface area contributed by atoms with Crippen LogP contribution in [0.15, 0.2) is 30.3 Å². The molecule has 1 rings (SSSR count). The van der Waals surface area contributed by atoms with Gasteiger partial charge in [-0.2, -0.15) is 0 Å². The summed E-state index contributed by atoms with van der Waals surface area (Å²) in [4.78, 5) is 23.9. The van der Waals surface area contributed by atoms with Gasteiger partial charge >= 0.3 is 12.1 Å². The van der Waals surface area contributed by atoms with Crippen LogP contribution in [0.5, 0.6) is 5.75 Å². The molecule has 0 heterocycles. The van der Waals surface area contributed by atoms with Crippen LogP contribution in [0, 0.1) is 0 Å². The Labute approximate surface area is 138 Å². The Morgan fingerprint density at radius 2 is 1.86 bits per heavy atom. The molecule has 0 aliphatic carbocycles. The zero-order valence-electron chi connectivity index (χ0n) is 12.4. The number of carbonyl (C=O) groups is 2. The van der Waals surface area contributed by atoms with Gasteiger partial charge in [-0.3, -0.25) is 0 Å². The Kier molecular flexibility index (Phi) is 6.94. The molecule has 0 bridgehead atoms. The third kappa shape index (κ3) is 7.31. The second kappa shape index (κ2) is 8.21. The number of ether oxygens (including phenoxy) is 2. The van der Waals surface area contributed by atoms with E-state index < -0.39 is 23.7 Å². The van der Waals surface area contributed by atoms with Crippen molar-refractivity contribution in [1.82, 2.24) is 5.32 Å². The SMILES string of the molecule is CC(C)(C)OC(=O)N[C@@H](CCI)C(=O)Oc1ccccc1. The van der Waals surface area contributed by atoms with Crippen LogP contribution in [0.1, 0.15) is 27.2 Å². The summed E-state index contributed by atoms with van der Waals surface area (Å²) in [6, 6.07) is 8.03. The number of alkyl carbamates (subject to hydrolysis) is 1. The highest BCUT2D eigenvalue weighted by Crippen LogP contribution is 2.12. The first kappa shape index (κ1) is 17.7. The van der Waals surface area contributed by atoms with E-state index >= 15 is 0 Å². The van der Waals surface area contributed by atoms with Crippen molar-refractivity contribution in [3.8, 4) is 5.75 Å². The van der Waals surface area contributed by atoms with E-state index in [0.717, 1.165) is 0 Å². The highest BCUT2D eigenvalue weighted by atomic mass is 127. The molecule has 1 aromatic rings. The lowest BCUT2D eigenvalue weighted by Gasteiger charge is -2.22. The van der Waals surface area contributed by atoms with E-state index in [4.69, 9.17) is 9.47 Å². The van der Waals surface area contributed by atoms with Crippen molar-refractivity contribution < 1.29 is 19.1 Å². The molecule has 0 aliphatic heterocycles. The molecular weight excluding hydrogens is 385 g/mol. The molecule has 1 aromatic carbocycles. The molecule has 116 valence electrons. The molecule has 21 heavy (non-hydrogen) atoms. The lowest BCUT2D eigenvalue weighted by molar-refractivity contribution is -0.136. The number of esters is 1. The Morgan fingerprint density at radius 3 is 2.38 bits per heavy atom. The summed E-state index contributed by atoms with van der Waals surface area (Å²) in [5.74, 6) is -0.0457. The molecule has 0 radical (unpaired) electrons. The molecule has 0 fully saturated rings. The van der Waals surface area contributed by atoms with Crippen LogP contribution in [-0.4, -0.2) is 28.1 Å². The van der Waals surface area contributed by atoms with E-state index in [1.165, 1.54) is 0 Å². The van der Waals surface area contributed by atoms with E-state index in [9.17, 15) is 9.59 Å². The number of para-hydroxylation sites is 1. The Balaban J connectivity index is 2.63. The van der Waals surface area contributed by atoms with Crippen molar-refractivity contribution >= 4 is 34.7 Å². The average molecular weight is 405 g/mol. The van der Waals surface area contributed by atoms with Gasteiger partial charge in [-0.05, 0) is 39.3 Å². The highest BCUT2D eigenvalue weighted by Gasteiger charge is 2.25. The van der Waals surface area contributed by atoms with E-state index in [2.05, 4.69) is 27.9 Å². The first-order valence-electron chi connectivity index (χ1n) is 6.64. The molecule has 0 aromatic heterocycles. The van der Waals surface area contributed by atoms with Crippen LogP contribution in [0.4, 0.5) is 4.79 Å². The van der Waals surface area contributed by atoms with Crippen LogP contribution >= 0.6 is 22.6 Å². The predicted octanol–water partition coefficient (Wildman–Crippen LogP) is 3.31. The standard InChI is InChI=1S/C15H20INO4/c1-15(2,3)21-14(19)17-12(9-10-16)13(18)20-11-7-5-4-6-8-11/h4-8,12H,9-10H2,1-3H3,(H,17,19)/t12-/m0/s1. The maximum Gasteiger partial charge on any atom is 0.408 e. The molecule has 1 N–H and O–H groups in total. The molecule has 0 aliphatic rings. The molecule has 5 nitrogen and oxygen atoms in total. The molecule has 0 unspecified atom stereocenters. The summed E-state index contributed by atoms with van der Waals surface area (Å²) >= 11 is 2.14. The number of carbonyl (C=O) groups excluding carboxylic acids is 2. The van der Waals surface area contributed by atoms with Crippen molar-refractivity contribution in [1.29, 1.82) is 0 Å². The average Bonchev–Trinajstić information content (AvgIpc) is 2.37. The van der Waals surface area contributed by atoms with E-state index in [0.29, 0.717) is 16.6 Å². The summed E-state index contributed by atoms with van der Waals surface area (Å²) in [6.45, 7) is 5.30. The first-order valence-corrected chi connectivity index (χ1v) is 8.16. The predicted molar refractivity (Wildman–Crippen MR) is 88.7 cm³/mol. The third-order valence-electron chi connectivity index (χ3n) is 2.33. The fourth-order valence-corrected chi connectivity index (χ4v) is 2.11. The van der Waals surface area contributed by atoms with E-state index in [1.807, 2.05) is 6.07 Å². The monoisotopic (exact) mass is 405 g/mol. The van der Waals surface area contributed by atoms with Gasteiger partial charge in [0.15, 0.2) is 0 Å². The molecule has 0 saturated heterocycles. The van der Waals surface area contributed by atoms with Gasteiger partial charge < -0.3 is 14.8 Å². The molecule has 1 amide bonds. The van der Waals surface area contributed by atoms with Gasteiger partial charge in [0.2, 0.25) is 0 Å². The summed E-state index contributed by atoms with van der Waals surface area (Å²) in [5.41, 5.74) is -0.609. The van der Waals surface area contributed by atoms with Crippen molar-refractivity contribution in [2.75, 3.05) is 4.43 Å². The van der Waals surface area contributed by atoms with Gasteiger partial charge in [0, 0.05) is 4.43 Å². The molecule has 0 spiro atoms. The number of halogens is 1. The Bertz CT molecular complexity index is 470. The van der Waals surface area contributed by atoms with Gasteiger partial charge in [0.05, 0.1) is 0 Å². The lowest BCUT2D eigenvalue weighted by Crippen LogP contribution is -2.45. The molecule has 0 saturated carbocycles. The topological polar surface area (TPSA) is 64.6 Å². The number of hydrogen-bond donors (Lipinski definition) is 1. The van der Waals surface area contributed by atoms with Crippen molar-refractivity contribution in [2.45, 2.75) is 38.8 Å². The summed E-state index contributed by atoms with van der Waals surface area (Å²) < 4.78 is 11.1. The number of nitrogens with one attached hydrogen (secondary N) is 1. The number of alkyl halides is 1. The van der Waals surface area contributed by atoms with Crippen molar-refractivity contribution in [3.63, 3.8) is 0 Å². The summed E-state index contributed by atoms with van der Waals surface area (Å²) in [6.07, 6.45) is -0.145. The van der Waals surface area contributed by atoms with Crippen LogP contribution in [0.2, 0.25) is 0 Å². The quantitative estimate of drug-likeness (QED) is 0.353. The maximum absolute atomic E-state index is 12.1. The van der Waals surface area contributed by atoms with Gasteiger partial charge in [-0.1, -0.05) is 40.8 Å². The number of rotatable bonds is 5. The highest BCUT2D eigenvalue weighted by molar-refractivity contribution is 14.1. The third-order valence-corrected chi connectivity index (χ3v) is 2.96. The fourth-order valence-electron chi connectivity index (χ4n) is 1.48. The lowest BCUT2D eigenvalue weighted by atomic mass is 10.2. The molecule has 1 atom stereocenters. The van der Waals surface area contributed by atoms with Crippen LogP contribution in [-0.2, 0) is 9.53 Å². The van der Waals surface area contributed by atoms with Crippen LogP contribution in [0.3, 0.4) is 0 Å². The van der Waals surface area contributed by atoms with Crippen LogP contribution < -0.4 is 10.1 Å². The summed E-state index contributed by atoms with van der Waals surface area (Å²) in [7, 11) is 0. The molecule has 6 heteroatoms. The largest absolute Gasteiger partial charge is 0.444 e. The van der Waals surface area contributed by atoms with Crippen molar-refractivity contribution in [2.24, 2.45) is 0 Å². The van der Waals surface area contributed by atoms with E-state index in [-0.39, 0.29) is 0 Å². The first-order chi connectivity index (χ1) is 9.81. The van der Waals surface area contributed by atoms with Gasteiger partial charge in [-0.15, -0.1) is 0 Å². The minimum Gasteiger partial charge on any atom is -0.444 e. The fraction of sp³-hybridized carbons (Fsp3) is 0.467. The normalized spacial score (nSPS) is 12.4. The van der Waals surface area contributed by atoms with Crippen LogP contribution in [0.25, 0.3) is 0 Å². The molecular formula is C15H20INO4. The van der Waals surface area contributed by atoms with Gasteiger partial charge in [0.25, 0.3) is 0 Å². The Morgan fingerprint density at radius 1 is 1.24 bits per heavy atom. The second-order valence-electron chi connectivity index (χ2n) is 5.41. The number of benzene rings is 1. The minimum atomic E-state index is -0.725. The van der Waals surface area contributed by atoms with Gasteiger partial charge in [-0.25, -0.2) is 9.59 Å². The van der Waals surface area contributed by atoms with Crippen molar-refractivity contribution in [3.05, 3.63) is 30.3 Å². The number of hydrogen-bond acceptors (Lipinski definition) is 4. The minimum absolute atomic E-state index is 0.451.